The smallest absolute Gasteiger partial charge is 0.394 e. The maximum Gasteiger partial charge on any atom is 0.584 e. The van der Waals surface area contributed by atoms with Crippen LogP contribution < -0.4 is 9.05 Å². The molecule has 9 heteroatoms. The van der Waals surface area contributed by atoms with E-state index in [0.29, 0.717) is 35.7 Å². The molecule has 0 radical (unpaired) electrons. The minimum Gasteiger partial charge on any atom is -0.394 e. The fraction of sp³-hybridized carbons (Fsp3) is 0.500. The molecule has 0 spiro atoms. The van der Waals surface area contributed by atoms with Gasteiger partial charge in [-0.15, -0.1) is 0 Å². The van der Waals surface area contributed by atoms with Gasteiger partial charge in [-0.1, -0.05) is 12.1 Å². The molecule has 8 nitrogen and oxygen atoms in total. The molecule has 0 fully saturated rings. The molecular formula is C32H47N4O4P. The number of aromatic amines is 2. The van der Waals surface area contributed by atoms with Crippen molar-refractivity contribution >= 4 is 29.6 Å². The van der Waals surface area contributed by atoms with Gasteiger partial charge in [0.2, 0.25) is 0 Å². The average Bonchev–Trinajstić information content (AvgIpc) is 3.48. The highest BCUT2D eigenvalue weighted by molar-refractivity contribution is 7.48. The van der Waals surface area contributed by atoms with E-state index >= 15 is 0 Å². The summed E-state index contributed by atoms with van der Waals surface area (Å²) in [7, 11) is -4.52. The molecule has 0 saturated carbocycles. The Balaban J connectivity index is 1.58. The van der Waals surface area contributed by atoms with Crippen LogP contribution >= 0.6 is 7.82 Å². The Bertz CT molecular complexity index is 1370. The van der Waals surface area contributed by atoms with Gasteiger partial charge in [0.25, 0.3) is 0 Å². The van der Waals surface area contributed by atoms with Gasteiger partial charge >= 0.3 is 7.82 Å². The maximum atomic E-state index is 13.5. The van der Waals surface area contributed by atoms with Crippen LogP contribution in [0.25, 0.3) is 21.8 Å². The van der Waals surface area contributed by atoms with E-state index in [0.717, 1.165) is 58.9 Å². The monoisotopic (exact) mass is 582 g/mol. The lowest BCUT2D eigenvalue weighted by Gasteiger charge is -2.30. The summed E-state index contributed by atoms with van der Waals surface area (Å²) in [6, 6.07) is 12.6. The molecule has 0 bridgehead atoms. The van der Waals surface area contributed by atoms with Gasteiger partial charge < -0.3 is 19.0 Å². The zero-order chi connectivity index (χ0) is 29.9. The number of fused-ring (bicyclic) bond motifs is 2. The Morgan fingerprint density at radius 3 is 1.39 bits per heavy atom. The number of benzene rings is 2. The second-order valence-electron chi connectivity index (χ2n) is 12.0. The van der Waals surface area contributed by atoms with E-state index in [1.54, 1.807) is 12.1 Å². The third-order valence-electron chi connectivity index (χ3n) is 7.86. The van der Waals surface area contributed by atoms with Crippen LogP contribution in [0, 0.1) is 0 Å². The molecule has 41 heavy (non-hydrogen) atoms. The van der Waals surface area contributed by atoms with E-state index < -0.39 is 7.82 Å². The molecular weight excluding hydrogens is 535 g/mol. The van der Waals surface area contributed by atoms with Crippen molar-refractivity contribution in [3.8, 4) is 11.5 Å². The van der Waals surface area contributed by atoms with Crippen molar-refractivity contribution in [1.29, 1.82) is 0 Å². The zero-order valence-electron chi connectivity index (χ0n) is 25.8. The Hall–Kier alpha value is -2.77. The van der Waals surface area contributed by atoms with Crippen LogP contribution in [0.1, 0.15) is 66.5 Å². The minimum atomic E-state index is -4.52. The van der Waals surface area contributed by atoms with Crippen LogP contribution in [-0.4, -0.2) is 61.9 Å². The summed E-state index contributed by atoms with van der Waals surface area (Å²) < 4.78 is 25.0. The molecule has 4 rings (SSSR count). The number of hydrogen-bond donors (Lipinski definition) is 3. The van der Waals surface area contributed by atoms with Gasteiger partial charge in [0, 0.05) is 71.5 Å². The molecule has 2 aromatic heterocycles. The number of phosphoric acid groups is 1. The predicted octanol–water partition coefficient (Wildman–Crippen LogP) is 7.53. The number of nitrogens with one attached hydrogen (secondary N) is 2. The normalized spacial score (nSPS) is 12.9. The first-order chi connectivity index (χ1) is 19.4. The topological polar surface area (TPSA) is 93.8 Å². The van der Waals surface area contributed by atoms with Crippen molar-refractivity contribution < 1.29 is 18.5 Å². The van der Waals surface area contributed by atoms with Crippen LogP contribution in [0.3, 0.4) is 0 Å². The van der Waals surface area contributed by atoms with E-state index in [1.165, 1.54) is 0 Å². The van der Waals surface area contributed by atoms with Crippen molar-refractivity contribution in [2.45, 2.75) is 92.4 Å². The van der Waals surface area contributed by atoms with Crippen LogP contribution in [0.2, 0.25) is 0 Å². The Labute approximate surface area is 244 Å². The summed E-state index contributed by atoms with van der Waals surface area (Å²) in [5, 5.41) is 1.61. The third kappa shape index (κ3) is 7.36. The fourth-order valence-electron chi connectivity index (χ4n) is 5.98. The average molecular weight is 583 g/mol. The van der Waals surface area contributed by atoms with Crippen molar-refractivity contribution in [1.82, 2.24) is 19.8 Å². The van der Waals surface area contributed by atoms with Crippen molar-refractivity contribution in [3.63, 3.8) is 0 Å². The van der Waals surface area contributed by atoms with Gasteiger partial charge in [0.05, 0.1) is 0 Å². The highest BCUT2D eigenvalue weighted by Gasteiger charge is 2.29. The lowest BCUT2D eigenvalue weighted by Crippen LogP contribution is -2.38. The Morgan fingerprint density at radius 2 is 1.05 bits per heavy atom. The molecule has 0 atom stereocenters. The first kappa shape index (κ1) is 31.2. The van der Waals surface area contributed by atoms with Crippen molar-refractivity contribution in [2.75, 3.05) is 13.1 Å². The Kier molecular flexibility index (Phi) is 9.91. The molecule has 0 aliphatic heterocycles. The molecule has 0 saturated heterocycles. The van der Waals surface area contributed by atoms with Crippen molar-refractivity contribution in [2.24, 2.45) is 0 Å². The van der Waals surface area contributed by atoms with Crippen LogP contribution in [0.5, 0.6) is 11.5 Å². The first-order valence-electron chi connectivity index (χ1n) is 14.8. The van der Waals surface area contributed by atoms with Gasteiger partial charge in [0.1, 0.15) is 11.5 Å². The molecule has 0 unspecified atom stereocenters. The molecule has 2 heterocycles. The molecule has 4 aromatic rings. The summed E-state index contributed by atoms with van der Waals surface area (Å²) in [6.07, 6.45) is 5.49. The number of rotatable bonds is 14. The fourth-order valence-corrected chi connectivity index (χ4v) is 6.82. The summed E-state index contributed by atoms with van der Waals surface area (Å²) in [5.41, 5.74) is 3.79. The second-order valence-corrected chi connectivity index (χ2v) is 13.3. The molecule has 224 valence electrons. The van der Waals surface area contributed by atoms with E-state index in [9.17, 15) is 9.46 Å². The molecule has 3 N–H and O–H groups in total. The van der Waals surface area contributed by atoms with Crippen LogP contribution in [-0.2, 0) is 17.4 Å². The lowest BCUT2D eigenvalue weighted by atomic mass is 10.1. The summed E-state index contributed by atoms with van der Waals surface area (Å²) in [6.45, 7) is 19.3. The largest absolute Gasteiger partial charge is 0.584 e. The highest BCUT2D eigenvalue weighted by atomic mass is 31.2. The van der Waals surface area contributed by atoms with Crippen molar-refractivity contribution in [3.05, 3.63) is 59.9 Å². The molecule has 0 aliphatic carbocycles. The van der Waals surface area contributed by atoms with Crippen LogP contribution in [0.4, 0.5) is 0 Å². The summed E-state index contributed by atoms with van der Waals surface area (Å²) in [4.78, 5) is 22.4. The van der Waals surface area contributed by atoms with Gasteiger partial charge in [-0.3, -0.25) is 14.7 Å². The lowest BCUT2D eigenvalue weighted by molar-refractivity contribution is 0.177. The van der Waals surface area contributed by atoms with Gasteiger partial charge in [0.15, 0.2) is 0 Å². The van der Waals surface area contributed by atoms with E-state index in [2.05, 4.69) is 75.2 Å². The number of H-pyrrole nitrogens is 2. The van der Waals surface area contributed by atoms with Gasteiger partial charge in [-0.2, -0.15) is 0 Å². The van der Waals surface area contributed by atoms with E-state index in [1.807, 2.05) is 36.7 Å². The second kappa shape index (κ2) is 13.0. The molecule has 2 aromatic carbocycles. The summed E-state index contributed by atoms with van der Waals surface area (Å²) >= 11 is 0. The third-order valence-corrected chi connectivity index (χ3v) is 8.71. The molecule has 0 amide bonds. The minimum absolute atomic E-state index is 0.330. The van der Waals surface area contributed by atoms with E-state index in [4.69, 9.17) is 9.05 Å². The number of nitrogens with zero attached hydrogens (tertiary/aromatic N) is 2. The Morgan fingerprint density at radius 1 is 0.683 bits per heavy atom. The standard InChI is InChI=1S/C32H47N4O4P/c1-21(2)35(22(3)4)17-15-25-19-33-27-11-9-13-29(31(25)27)39-41(37,38)40-30-14-10-12-28-32(30)26(20-34-28)16-18-36(23(5)6)24(7)8/h9-14,19-24,33-34H,15-18H2,1-8H3,(H,37,38). The van der Waals surface area contributed by atoms with Gasteiger partial charge in [-0.05, 0) is 104 Å². The maximum absolute atomic E-state index is 13.5. The number of phosphoric ester groups is 1. The summed E-state index contributed by atoms with van der Waals surface area (Å²) in [5.74, 6) is 0.660. The van der Waals surface area contributed by atoms with Crippen LogP contribution in [0.15, 0.2) is 48.8 Å². The highest BCUT2D eigenvalue weighted by Crippen LogP contribution is 2.48. The predicted molar refractivity (Wildman–Crippen MR) is 169 cm³/mol. The first-order valence-corrected chi connectivity index (χ1v) is 16.3. The quantitative estimate of drug-likeness (QED) is 0.133. The SMILES string of the molecule is CC(C)N(CCc1c[nH]c2cccc(OP(=O)(O)Oc3cccc4[nH]cc(CCN(C(C)C)C(C)C)c34)c12)C(C)C. The van der Waals surface area contributed by atoms with Gasteiger partial charge in [-0.25, -0.2) is 4.57 Å². The number of hydrogen-bond acceptors (Lipinski definition) is 5. The molecule has 0 aliphatic rings. The number of aromatic nitrogens is 2. The zero-order valence-corrected chi connectivity index (χ0v) is 26.7. The van der Waals surface area contributed by atoms with E-state index in [-0.39, 0.29) is 0 Å².